The first-order chi connectivity index (χ1) is 8.57. The van der Waals surface area contributed by atoms with E-state index >= 15 is 0 Å². The van der Waals surface area contributed by atoms with Gasteiger partial charge in [-0.15, -0.1) is 11.3 Å². The monoisotopic (exact) mass is 353 g/mol. The van der Waals surface area contributed by atoms with E-state index in [1.807, 2.05) is 0 Å². The van der Waals surface area contributed by atoms with Crippen molar-refractivity contribution < 1.29 is 13.5 Å². The predicted molar refractivity (Wildman–Crippen MR) is 75.3 cm³/mol. The van der Waals surface area contributed by atoms with Gasteiger partial charge in [0.05, 0.1) is 6.61 Å². The van der Waals surface area contributed by atoms with Crippen molar-refractivity contribution in [3.8, 4) is 0 Å². The van der Waals surface area contributed by atoms with E-state index in [-0.39, 0.29) is 19.2 Å². The van der Waals surface area contributed by atoms with Crippen molar-refractivity contribution in [2.24, 2.45) is 0 Å². The number of hydrogen-bond acceptors (Lipinski definition) is 4. The second-order valence-electron chi connectivity index (χ2n) is 4.33. The molecule has 1 saturated carbocycles. The Bertz CT molecular complexity index is 494. The van der Waals surface area contributed by atoms with Gasteiger partial charge in [-0.1, -0.05) is 12.8 Å². The van der Waals surface area contributed by atoms with Gasteiger partial charge < -0.3 is 5.11 Å². The van der Waals surface area contributed by atoms with Gasteiger partial charge in [-0.3, -0.25) is 0 Å². The summed E-state index contributed by atoms with van der Waals surface area (Å²) in [6, 6.07) is 1.78. The van der Waals surface area contributed by atoms with Gasteiger partial charge in [-0.25, -0.2) is 8.42 Å². The summed E-state index contributed by atoms with van der Waals surface area (Å²) in [4.78, 5) is 0. The number of thiophene rings is 1. The van der Waals surface area contributed by atoms with Crippen molar-refractivity contribution >= 4 is 37.3 Å². The average molecular weight is 354 g/mol. The molecule has 0 bridgehead atoms. The van der Waals surface area contributed by atoms with Crippen LogP contribution in [0.15, 0.2) is 20.1 Å². The largest absolute Gasteiger partial charge is 0.395 e. The fourth-order valence-corrected chi connectivity index (χ4v) is 6.46. The molecule has 1 aliphatic carbocycles. The minimum absolute atomic E-state index is 0.0381. The van der Waals surface area contributed by atoms with E-state index in [1.54, 1.807) is 11.4 Å². The van der Waals surface area contributed by atoms with Gasteiger partial charge in [0.2, 0.25) is 0 Å². The van der Waals surface area contributed by atoms with Gasteiger partial charge in [-0.05, 0) is 40.2 Å². The lowest BCUT2D eigenvalue weighted by Gasteiger charge is -2.26. The van der Waals surface area contributed by atoms with Crippen LogP contribution in [0.5, 0.6) is 0 Å². The molecule has 18 heavy (non-hydrogen) atoms. The molecular weight excluding hydrogens is 338 g/mol. The lowest BCUT2D eigenvalue weighted by Crippen LogP contribution is -2.40. The minimum atomic E-state index is -3.49. The zero-order valence-electron chi connectivity index (χ0n) is 9.88. The van der Waals surface area contributed by atoms with E-state index in [1.165, 1.54) is 15.6 Å². The Morgan fingerprint density at radius 1 is 1.44 bits per heavy atom. The van der Waals surface area contributed by atoms with Crippen molar-refractivity contribution in [3.63, 3.8) is 0 Å². The molecule has 1 aliphatic rings. The molecule has 1 N–H and O–H groups in total. The summed E-state index contributed by atoms with van der Waals surface area (Å²) in [5.74, 6) is 0. The molecule has 0 saturated heterocycles. The van der Waals surface area contributed by atoms with Crippen LogP contribution < -0.4 is 0 Å². The van der Waals surface area contributed by atoms with Gasteiger partial charge in [0, 0.05) is 17.1 Å². The number of rotatable bonds is 5. The number of nitrogens with zero attached hydrogens (tertiary/aromatic N) is 1. The standard InChI is InChI=1S/C11H16BrNO3S2/c12-10-5-8-17-11(10)18(15,16)13(6-7-14)9-3-1-2-4-9/h5,8-9,14H,1-4,6-7H2. The van der Waals surface area contributed by atoms with Crippen LogP contribution in [-0.2, 0) is 10.0 Å². The van der Waals surface area contributed by atoms with Crippen molar-refractivity contribution in [3.05, 3.63) is 15.9 Å². The number of aliphatic hydroxyl groups excluding tert-OH is 1. The van der Waals surface area contributed by atoms with Crippen LogP contribution in [0.1, 0.15) is 25.7 Å². The van der Waals surface area contributed by atoms with Crippen LogP contribution in [0.2, 0.25) is 0 Å². The molecule has 0 aromatic carbocycles. The fraction of sp³-hybridized carbons (Fsp3) is 0.636. The molecular formula is C11H16BrNO3S2. The Kier molecular flexibility index (Phi) is 4.82. The smallest absolute Gasteiger partial charge is 0.254 e. The van der Waals surface area contributed by atoms with Gasteiger partial charge >= 0.3 is 0 Å². The maximum Gasteiger partial charge on any atom is 0.254 e. The lowest BCUT2D eigenvalue weighted by atomic mass is 10.2. The zero-order valence-corrected chi connectivity index (χ0v) is 13.1. The highest BCUT2D eigenvalue weighted by Gasteiger charge is 2.34. The third-order valence-corrected chi connectivity index (χ3v) is 7.78. The normalized spacial score (nSPS) is 17.7. The molecule has 1 heterocycles. The Morgan fingerprint density at radius 3 is 2.61 bits per heavy atom. The van der Waals surface area contributed by atoms with E-state index in [9.17, 15) is 8.42 Å². The van der Waals surface area contributed by atoms with Gasteiger partial charge in [0.25, 0.3) is 10.0 Å². The second kappa shape index (κ2) is 6.00. The van der Waals surface area contributed by atoms with E-state index in [4.69, 9.17) is 5.11 Å². The van der Waals surface area contributed by atoms with Crippen LogP contribution in [0.25, 0.3) is 0 Å². The minimum Gasteiger partial charge on any atom is -0.395 e. The predicted octanol–water partition coefficient (Wildman–Crippen LogP) is 2.44. The number of aliphatic hydroxyl groups is 1. The quantitative estimate of drug-likeness (QED) is 0.884. The van der Waals surface area contributed by atoms with E-state index in [2.05, 4.69) is 15.9 Å². The van der Waals surface area contributed by atoms with Crippen molar-refractivity contribution in [1.29, 1.82) is 0 Å². The fourth-order valence-electron chi connectivity index (χ4n) is 2.36. The molecule has 4 nitrogen and oxygen atoms in total. The summed E-state index contributed by atoms with van der Waals surface area (Å²) < 4.78 is 27.6. The third-order valence-electron chi connectivity index (χ3n) is 3.18. The Balaban J connectivity index is 2.32. The van der Waals surface area contributed by atoms with Crippen LogP contribution in [-0.4, -0.2) is 37.0 Å². The summed E-state index contributed by atoms with van der Waals surface area (Å²) in [5.41, 5.74) is 0. The second-order valence-corrected chi connectivity index (χ2v) is 8.19. The summed E-state index contributed by atoms with van der Waals surface area (Å²) in [6.45, 7) is 0.0378. The summed E-state index contributed by atoms with van der Waals surface area (Å²) >= 11 is 4.48. The summed E-state index contributed by atoms with van der Waals surface area (Å²) in [7, 11) is -3.49. The van der Waals surface area contributed by atoms with Crippen LogP contribution in [0.4, 0.5) is 0 Å². The average Bonchev–Trinajstić information content (AvgIpc) is 2.96. The Morgan fingerprint density at radius 2 is 2.11 bits per heavy atom. The molecule has 1 aromatic rings. The maximum absolute atomic E-state index is 12.6. The maximum atomic E-state index is 12.6. The molecule has 102 valence electrons. The van der Waals surface area contributed by atoms with Gasteiger partial charge in [0.15, 0.2) is 0 Å². The first-order valence-electron chi connectivity index (χ1n) is 5.93. The highest BCUT2D eigenvalue weighted by molar-refractivity contribution is 9.10. The van der Waals surface area contributed by atoms with Gasteiger partial charge in [-0.2, -0.15) is 4.31 Å². The number of sulfonamides is 1. The lowest BCUT2D eigenvalue weighted by molar-refractivity contribution is 0.226. The van der Waals surface area contributed by atoms with Crippen LogP contribution >= 0.6 is 27.3 Å². The molecule has 2 rings (SSSR count). The molecule has 1 aromatic heterocycles. The zero-order chi connectivity index (χ0) is 13.2. The first kappa shape index (κ1) is 14.5. The number of hydrogen-bond donors (Lipinski definition) is 1. The topological polar surface area (TPSA) is 57.6 Å². The molecule has 0 radical (unpaired) electrons. The van der Waals surface area contributed by atoms with E-state index < -0.39 is 10.0 Å². The molecule has 0 spiro atoms. The van der Waals surface area contributed by atoms with Crippen LogP contribution in [0, 0.1) is 0 Å². The molecule has 1 fully saturated rings. The van der Waals surface area contributed by atoms with E-state index in [0.29, 0.717) is 8.68 Å². The number of halogens is 1. The van der Waals surface area contributed by atoms with Gasteiger partial charge in [0.1, 0.15) is 4.21 Å². The summed E-state index contributed by atoms with van der Waals surface area (Å²) in [5, 5.41) is 10.9. The van der Waals surface area contributed by atoms with Crippen molar-refractivity contribution in [2.75, 3.05) is 13.2 Å². The SMILES string of the molecule is O=S(=O)(c1sccc1Br)N(CCO)C1CCCC1. The van der Waals surface area contributed by atoms with Crippen LogP contribution in [0.3, 0.4) is 0 Å². The Labute approximate surface area is 120 Å². The highest BCUT2D eigenvalue weighted by atomic mass is 79.9. The highest BCUT2D eigenvalue weighted by Crippen LogP contribution is 2.34. The molecule has 0 unspecified atom stereocenters. The first-order valence-corrected chi connectivity index (χ1v) is 9.04. The Hall–Kier alpha value is 0.0500. The van der Waals surface area contributed by atoms with Crippen molar-refractivity contribution in [2.45, 2.75) is 35.9 Å². The van der Waals surface area contributed by atoms with Crippen molar-refractivity contribution in [1.82, 2.24) is 4.31 Å². The molecule has 0 aliphatic heterocycles. The molecule has 0 atom stereocenters. The summed E-state index contributed by atoms with van der Waals surface area (Å²) in [6.07, 6.45) is 3.91. The third kappa shape index (κ3) is 2.80. The molecule has 7 heteroatoms. The molecule has 0 amide bonds. The van der Waals surface area contributed by atoms with E-state index in [0.717, 1.165) is 25.7 Å².